The molecular formula is C19H16N2O4. The molecule has 1 atom stereocenters. The molecule has 0 N–H and O–H groups in total. The van der Waals surface area contributed by atoms with E-state index >= 15 is 0 Å². The number of nitrogens with zero attached hydrogens (tertiary/aromatic N) is 2. The summed E-state index contributed by atoms with van der Waals surface area (Å²) in [6, 6.07) is 14.8. The molecule has 0 unspecified atom stereocenters. The predicted octanol–water partition coefficient (Wildman–Crippen LogP) is 1.94. The van der Waals surface area contributed by atoms with Gasteiger partial charge in [0.2, 0.25) is 5.43 Å². The second-order valence-corrected chi connectivity index (χ2v) is 5.92. The van der Waals surface area contributed by atoms with E-state index in [-0.39, 0.29) is 24.7 Å². The minimum atomic E-state index is -0.416. The van der Waals surface area contributed by atoms with Gasteiger partial charge in [0.05, 0.1) is 11.7 Å². The molecule has 126 valence electrons. The Morgan fingerprint density at radius 3 is 2.88 bits per heavy atom. The number of aromatic nitrogens is 2. The summed E-state index contributed by atoms with van der Waals surface area (Å²) in [7, 11) is 0. The van der Waals surface area contributed by atoms with Crippen molar-refractivity contribution in [1.82, 2.24) is 9.78 Å². The second kappa shape index (κ2) is 6.39. The van der Waals surface area contributed by atoms with Crippen LogP contribution in [-0.2, 0) is 22.5 Å². The Morgan fingerprint density at radius 1 is 1.20 bits per heavy atom. The number of rotatable bonds is 4. The number of fused-ring (bicyclic) bond motifs is 2. The van der Waals surface area contributed by atoms with Gasteiger partial charge in [-0.3, -0.25) is 14.3 Å². The van der Waals surface area contributed by atoms with Gasteiger partial charge in [-0.05, 0) is 23.8 Å². The lowest BCUT2D eigenvalue weighted by molar-refractivity contribution is -0.146. The molecule has 1 aliphatic rings. The highest BCUT2D eigenvalue weighted by Gasteiger charge is 2.23. The third kappa shape index (κ3) is 3.10. The third-order valence-corrected chi connectivity index (χ3v) is 4.18. The van der Waals surface area contributed by atoms with Crippen LogP contribution in [0, 0.1) is 0 Å². The Hall–Kier alpha value is -3.15. The fraction of sp³-hybridized carbons (Fsp3) is 0.211. The van der Waals surface area contributed by atoms with Gasteiger partial charge < -0.3 is 9.47 Å². The summed E-state index contributed by atoms with van der Waals surface area (Å²) in [5, 5.41) is 4.56. The quantitative estimate of drug-likeness (QED) is 0.681. The monoisotopic (exact) mass is 336 g/mol. The standard InChI is InChI=1S/C19H16N2O4/c22-17-10-20-21(16-7-3-2-6-15(16)17)11-19(23)24-12-14-9-13-5-1-4-8-18(13)25-14/h1-8,10,14H,9,11-12H2/t14-/m1/s1. The topological polar surface area (TPSA) is 70.4 Å². The highest BCUT2D eigenvalue weighted by Crippen LogP contribution is 2.28. The van der Waals surface area contributed by atoms with Gasteiger partial charge in [-0.25, -0.2) is 0 Å². The van der Waals surface area contributed by atoms with Crippen LogP contribution in [0.15, 0.2) is 59.5 Å². The number of carbonyl (C=O) groups excluding carboxylic acids is 1. The van der Waals surface area contributed by atoms with E-state index in [4.69, 9.17) is 9.47 Å². The largest absolute Gasteiger partial charge is 0.486 e. The molecule has 0 fully saturated rings. The summed E-state index contributed by atoms with van der Waals surface area (Å²) in [6.07, 6.45) is 1.77. The van der Waals surface area contributed by atoms with Crippen LogP contribution in [-0.4, -0.2) is 28.5 Å². The van der Waals surface area contributed by atoms with Crippen LogP contribution in [0.3, 0.4) is 0 Å². The van der Waals surface area contributed by atoms with Gasteiger partial charge in [0.1, 0.15) is 25.0 Å². The zero-order chi connectivity index (χ0) is 17.2. The molecular weight excluding hydrogens is 320 g/mol. The first-order valence-corrected chi connectivity index (χ1v) is 8.06. The molecule has 6 heteroatoms. The molecule has 0 radical (unpaired) electrons. The fourth-order valence-electron chi connectivity index (χ4n) is 2.99. The SMILES string of the molecule is O=C(Cn1ncc(=O)c2ccccc21)OC[C@H]1Cc2ccccc2O1. The number of carbonyl (C=O) groups is 1. The number of ether oxygens (including phenoxy) is 2. The highest BCUT2D eigenvalue weighted by molar-refractivity contribution is 5.79. The molecule has 6 nitrogen and oxygen atoms in total. The summed E-state index contributed by atoms with van der Waals surface area (Å²) in [6.45, 7) is 0.131. The van der Waals surface area contributed by atoms with Gasteiger partial charge in [-0.2, -0.15) is 5.10 Å². The van der Waals surface area contributed by atoms with E-state index in [0.717, 1.165) is 17.7 Å². The molecule has 0 aliphatic carbocycles. The first-order chi connectivity index (χ1) is 12.2. The first-order valence-electron chi connectivity index (χ1n) is 8.06. The number of hydrogen-bond donors (Lipinski definition) is 0. The van der Waals surface area contributed by atoms with E-state index in [9.17, 15) is 9.59 Å². The lowest BCUT2D eigenvalue weighted by atomic mass is 10.1. The van der Waals surface area contributed by atoms with Crippen LogP contribution in [0.25, 0.3) is 10.9 Å². The van der Waals surface area contributed by atoms with E-state index < -0.39 is 5.97 Å². The Labute approximate surface area is 143 Å². The summed E-state index contributed by atoms with van der Waals surface area (Å²) < 4.78 is 12.6. The van der Waals surface area contributed by atoms with Crippen LogP contribution >= 0.6 is 0 Å². The maximum atomic E-state index is 12.2. The molecule has 3 aromatic rings. The number of hydrogen-bond acceptors (Lipinski definition) is 5. The Morgan fingerprint density at radius 2 is 2.00 bits per heavy atom. The van der Waals surface area contributed by atoms with E-state index in [1.807, 2.05) is 24.3 Å². The van der Waals surface area contributed by atoms with Crippen molar-refractivity contribution < 1.29 is 14.3 Å². The van der Waals surface area contributed by atoms with Crippen molar-refractivity contribution in [3.05, 3.63) is 70.5 Å². The lowest BCUT2D eigenvalue weighted by Crippen LogP contribution is -2.25. The molecule has 4 rings (SSSR count). The molecule has 2 aromatic carbocycles. The van der Waals surface area contributed by atoms with Crippen LogP contribution < -0.4 is 10.2 Å². The van der Waals surface area contributed by atoms with Crippen LogP contribution in [0.1, 0.15) is 5.56 Å². The second-order valence-electron chi connectivity index (χ2n) is 5.92. The van der Waals surface area contributed by atoms with Crippen molar-refractivity contribution in [2.24, 2.45) is 0 Å². The normalized spacial score (nSPS) is 15.6. The minimum Gasteiger partial charge on any atom is -0.486 e. The Kier molecular flexibility index (Phi) is 3.93. The minimum absolute atomic E-state index is 0.0551. The smallest absolute Gasteiger partial charge is 0.327 e. The molecule has 0 saturated carbocycles. The van der Waals surface area contributed by atoms with Crippen LogP contribution in [0.4, 0.5) is 0 Å². The summed E-state index contributed by atoms with van der Waals surface area (Å²) in [4.78, 5) is 24.0. The lowest BCUT2D eigenvalue weighted by Gasteiger charge is -2.12. The van der Waals surface area contributed by atoms with Crippen molar-refractivity contribution in [1.29, 1.82) is 0 Å². The zero-order valence-corrected chi connectivity index (χ0v) is 13.4. The fourth-order valence-corrected chi connectivity index (χ4v) is 2.99. The maximum Gasteiger partial charge on any atom is 0.327 e. The van der Waals surface area contributed by atoms with Crippen molar-refractivity contribution in [2.75, 3.05) is 6.61 Å². The molecule has 0 bridgehead atoms. The Balaban J connectivity index is 1.41. The predicted molar refractivity (Wildman–Crippen MR) is 91.5 cm³/mol. The Bertz CT molecular complexity index is 971. The molecule has 0 saturated heterocycles. The van der Waals surface area contributed by atoms with Gasteiger partial charge in [0.25, 0.3) is 0 Å². The average Bonchev–Trinajstić information content (AvgIpc) is 3.06. The molecule has 25 heavy (non-hydrogen) atoms. The van der Waals surface area contributed by atoms with Crippen molar-refractivity contribution in [3.63, 3.8) is 0 Å². The average molecular weight is 336 g/mol. The van der Waals surface area contributed by atoms with Gasteiger partial charge in [-0.1, -0.05) is 30.3 Å². The van der Waals surface area contributed by atoms with Gasteiger partial charge in [-0.15, -0.1) is 0 Å². The summed E-state index contributed by atoms with van der Waals surface area (Å²) in [5.41, 5.74) is 1.56. The molecule has 0 amide bonds. The summed E-state index contributed by atoms with van der Waals surface area (Å²) in [5.74, 6) is 0.428. The van der Waals surface area contributed by atoms with Crippen LogP contribution in [0.2, 0.25) is 0 Å². The van der Waals surface area contributed by atoms with Gasteiger partial charge in [0.15, 0.2) is 0 Å². The van der Waals surface area contributed by atoms with Crippen LogP contribution in [0.5, 0.6) is 5.75 Å². The summed E-state index contributed by atoms with van der Waals surface area (Å²) >= 11 is 0. The zero-order valence-electron chi connectivity index (χ0n) is 13.4. The van der Waals surface area contributed by atoms with Gasteiger partial charge in [0, 0.05) is 11.8 Å². The van der Waals surface area contributed by atoms with E-state index in [1.165, 1.54) is 10.9 Å². The highest BCUT2D eigenvalue weighted by atomic mass is 16.6. The van der Waals surface area contributed by atoms with Crippen molar-refractivity contribution >= 4 is 16.9 Å². The van der Waals surface area contributed by atoms with Crippen molar-refractivity contribution in [2.45, 2.75) is 19.1 Å². The number of esters is 1. The van der Waals surface area contributed by atoms with E-state index in [0.29, 0.717) is 10.9 Å². The molecule has 1 aliphatic heterocycles. The number of para-hydroxylation sites is 2. The molecule has 0 spiro atoms. The first kappa shape index (κ1) is 15.4. The molecule has 2 heterocycles. The maximum absolute atomic E-state index is 12.2. The van der Waals surface area contributed by atoms with E-state index in [1.54, 1.807) is 24.3 Å². The number of benzene rings is 2. The van der Waals surface area contributed by atoms with Gasteiger partial charge >= 0.3 is 5.97 Å². The van der Waals surface area contributed by atoms with Crippen molar-refractivity contribution in [3.8, 4) is 5.75 Å². The molecule has 1 aromatic heterocycles. The van der Waals surface area contributed by atoms with E-state index in [2.05, 4.69) is 5.10 Å². The third-order valence-electron chi connectivity index (χ3n) is 4.18.